The molecule has 0 fully saturated rings. The predicted octanol–water partition coefficient (Wildman–Crippen LogP) is 3.44. The zero-order valence-corrected chi connectivity index (χ0v) is 11.7. The Morgan fingerprint density at radius 3 is 2.82 bits per heavy atom. The fourth-order valence-electron chi connectivity index (χ4n) is 1.36. The van der Waals surface area contributed by atoms with Crippen molar-refractivity contribution in [1.82, 2.24) is 15.2 Å². The molecule has 2 heterocycles. The Kier molecular flexibility index (Phi) is 4.44. The van der Waals surface area contributed by atoms with E-state index in [-0.39, 0.29) is 0 Å². The summed E-state index contributed by atoms with van der Waals surface area (Å²) in [5, 5.41) is 14.6. The van der Waals surface area contributed by atoms with Gasteiger partial charge in [-0.05, 0) is 19.3 Å². The molecule has 92 valence electrons. The maximum Gasteiger partial charge on any atom is 0.206 e. The maximum absolute atomic E-state index is 4.39. The van der Waals surface area contributed by atoms with E-state index in [1.54, 1.807) is 22.7 Å². The van der Waals surface area contributed by atoms with Gasteiger partial charge in [-0.1, -0.05) is 25.2 Å². The van der Waals surface area contributed by atoms with Gasteiger partial charge in [-0.3, -0.25) is 0 Å². The van der Waals surface area contributed by atoms with Crippen LogP contribution in [0.1, 0.15) is 31.7 Å². The van der Waals surface area contributed by atoms with E-state index < -0.39 is 0 Å². The van der Waals surface area contributed by atoms with Gasteiger partial charge < -0.3 is 5.32 Å². The molecule has 17 heavy (non-hydrogen) atoms. The lowest BCUT2D eigenvalue weighted by molar-refractivity contribution is 0.909. The van der Waals surface area contributed by atoms with Crippen LogP contribution < -0.4 is 5.32 Å². The third-order valence-corrected chi connectivity index (χ3v) is 4.29. The van der Waals surface area contributed by atoms with Crippen molar-refractivity contribution in [3.63, 3.8) is 0 Å². The van der Waals surface area contributed by atoms with Gasteiger partial charge in [-0.2, -0.15) is 0 Å². The van der Waals surface area contributed by atoms with Crippen LogP contribution in [0.25, 0.3) is 9.88 Å². The van der Waals surface area contributed by atoms with Crippen LogP contribution in [0.2, 0.25) is 0 Å². The fraction of sp³-hybridized carbons (Fsp3) is 0.545. The van der Waals surface area contributed by atoms with Crippen LogP contribution in [0.15, 0.2) is 6.20 Å². The second-order valence-electron chi connectivity index (χ2n) is 3.71. The Morgan fingerprint density at radius 1 is 1.18 bits per heavy atom. The first-order valence-electron chi connectivity index (χ1n) is 5.86. The van der Waals surface area contributed by atoms with Crippen LogP contribution >= 0.6 is 22.7 Å². The van der Waals surface area contributed by atoms with Gasteiger partial charge in [-0.15, -0.1) is 21.5 Å². The number of nitrogens with zero attached hydrogens (tertiary/aromatic N) is 3. The highest BCUT2D eigenvalue weighted by Crippen LogP contribution is 2.30. The smallest absolute Gasteiger partial charge is 0.206 e. The summed E-state index contributed by atoms with van der Waals surface area (Å²) < 4.78 is 0. The lowest BCUT2D eigenvalue weighted by atomic mass is 10.4. The third kappa shape index (κ3) is 3.23. The molecule has 0 aliphatic carbocycles. The molecule has 0 amide bonds. The highest BCUT2D eigenvalue weighted by Gasteiger charge is 2.09. The average Bonchev–Trinajstić information content (AvgIpc) is 2.95. The minimum Gasteiger partial charge on any atom is -0.360 e. The molecule has 6 heteroatoms. The Hall–Kier alpha value is -1.01. The fourth-order valence-corrected chi connectivity index (χ4v) is 3.19. The van der Waals surface area contributed by atoms with Crippen molar-refractivity contribution in [2.45, 2.75) is 33.1 Å². The molecule has 0 aromatic carbocycles. The molecule has 4 nitrogen and oxygen atoms in total. The number of anilines is 1. The Morgan fingerprint density at radius 2 is 2.06 bits per heavy atom. The number of hydrogen-bond donors (Lipinski definition) is 1. The molecule has 0 spiro atoms. The molecular weight excluding hydrogens is 252 g/mol. The summed E-state index contributed by atoms with van der Waals surface area (Å²) in [6.45, 7) is 5.24. The third-order valence-electron chi connectivity index (χ3n) is 2.18. The second kappa shape index (κ2) is 6.07. The Labute approximate surface area is 109 Å². The van der Waals surface area contributed by atoms with E-state index in [9.17, 15) is 0 Å². The molecule has 0 bridgehead atoms. The summed E-state index contributed by atoms with van der Waals surface area (Å²) in [5.74, 6) is 0. The van der Waals surface area contributed by atoms with E-state index >= 15 is 0 Å². The first-order chi connectivity index (χ1) is 8.33. The summed E-state index contributed by atoms with van der Waals surface area (Å²) in [4.78, 5) is 5.51. The molecule has 0 atom stereocenters. The van der Waals surface area contributed by atoms with Crippen LogP contribution in [0.5, 0.6) is 0 Å². The average molecular weight is 268 g/mol. The molecule has 0 radical (unpaired) electrons. The minimum absolute atomic E-state index is 0.896. The molecule has 2 rings (SSSR count). The topological polar surface area (TPSA) is 50.7 Å². The lowest BCUT2D eigenvalue weighted by Crippen LogP contribution is -1.98. The van der Waals surface area contributed by atoms with E-state index in [0.29, 0.717) is 0 Å². The van der Waals surface area contributed by atoms with Gasteiger partial charge in [0.25, 0.3) is 0 Å². The number of nitrogens with one attached hydrogen (secondary N) is 1. The molecule has 2 aromatic heterocycles. The van der Waals surface area contributed by atoms with Crippen molar-refractivity contribution in [2.24, 2.45) is 0 Å². The number of thiazole rings is 1. The second-order valence-corrected chi connectivity index (χ2v) is 5.80. The molecule has 0 saturated carbocycles. The SMILES string of the molecule is CCCNc1nnc(-c2cnc(CCC)s2)s1. The number of hydrogen-bond acceptors (Lipinski definition) is 6. The van der Waals surface area contributed by atoms with Crippen LogP contribution in [0.4, 0.5) is 5.13 Å². The van der Waals surface area contributed by atoms with Crippen molar-refractivity contribution >= 4 is 27.8 Å². The zero-order chi connectivity index (χ0) is 12.1. The zero-order valence-electron chi connectivity index (χ0n) is 10.1. The highest BCUT2D eigenvalue weighted by atomic mass is 32.1. The summed E-state index contributed by atoms with van der Waals surface area (Å²) in [7, 11) is 0. The monoisotopic (exact) mass is 268 g/mol. The Balaban J connectivity index is 2.07. The normalized spacial score (nSPS) is 10.7. The number of aryl methyl sites for hydroxylation is 1. The molecule has 0 aliphatic rings. The van der Waals surface area contributed by atoms with E-state index in [0.717, 1.165) is 40.8 Å². The molecule has 2 aromatic rings. The first kappa shape index (κ1) is 12.4. The van der Waals surface area contributed by atoms with Crippen molar-refractivity contribution in [3.05, 3.63) is 11.2 Å². The van der Waals surface area contributed by atoms with Gasteiger partial charge in [0.2, 0.25) is 5.13 Å². The molecule has 0 saturated heterocycles. The van der Waals surface area contributed by atoms with E-state index in [1.165, 1.54) is 5.01 Å². The van der Waals surface area contributed by atoms with E-state index in [2.05, 4.69) is 34.3 Å². The largest absolute Gasteiger partial charge is 0.360 e. The van der Waals surface area contributed by atoms with Gasteiger partial charge in [0.15, 0.2) is 5.01 Å². The lowest BCUT2D eigenvalue weighted by Gasteiger charge is -1.95. The molecule has 0 aliphatic heterocycles. The minimum atomic E-state index is 0.896. The highest BCUT2D eigenvalue weighted by molar-refractivity contribution is 7.23. The van der Waals surface area contributed by atoms with Crippen LogP contribution in [0.3, 0.4) is 0 Å². The quantitative estimate of drug-likeness (QED) is 0.872. The predicted molar refractivity (Wildman–Crippen MR) is 73.8 cm³/mol. The van der Waals surface area contributed by atoms with Crippen molar-refractivity contribution in [2.75, 3.05) is 11.9 Å². The molecule has 0 unspecified atom stereocenters. The van der Waals surface area contributed by atoms with Crippen molar-refractivity contribution in [1.29, 1.82) is 0 Å². The van der Waals surface area contributed by atoms with Gasteiger partial charge in [0.1, 0.15) is 0 Å². The van der Waals surface area contributed by atoms with E-state index in [1.807, 2.05) is 6.20 Å². The summed E-state index contributed by atoms with van der Waals surface area (Å²) in [5.41, 5.74) is 0. The summed E-state index contributed by atoms with van der Waals surface area (Å²) in [6, 6.07) is 0. The van der Waals surface area contributed by atoms with E-state index in [4.69, 9.17) is 0 Å². The van der Waals surface area contributed by atoms with Crippen molar-refractivity contribution < 1.29 is 0 Å². The van der Waals surface area contributed by atoms with Gasteiger partial charge in [0, 0.05) is 12.7 Å². The van der Waals surface area contributed by atoms with Crippen LogP contribution in [-0.4, -0.2) is 21.7 Å². The van der Waals surface area contributed by atoms with Gasteiger partial charge in [-0.25, -0.2) is 4.98 Å². The molecular formula is C11H16N4S2. The van der Waals surface area contributed by atoms with Crippen LogP contribution in [0, 0.1) is 0 Å². The summed E-state index contributed by atoms with van der Waals surface area (Å²) in [6.07, 6.45) is 5.17. The van der Waals surface area contributed by atoms with Gasteiger partial charge in [0.05, 0.1) is 9.88 Å². The van der Waals surface area contributed by atoms with Crippen molar-refractivity contribution in [3.8, 4) is 9.88 Å². The number of aromatic nitrogens is 3. The van der Waals surface area contributed by atoms with Crippen LogP contribution in [-0.2, 0) is 6.42 Å². The summed E-state index contributed by atoms with van der Waals surface area (Å²) >= 11 is 3.31. The Bertz CT molecular complexity index is 463. The number of rotatable bonds is 6. The standard InChI is InChI=1S/C11H16N4S2/c1-3-5-9-13-7-8(16-9)10-14-15-11(17-10)12-6-4-2/h7H,3-6H2,1-2H3,(H,12,15). The first-order valence-corrected chi connectivity index (χ1v) is 7.49. The molecule has 1 N–H and O–H groups in total. The maximum atomic E-state index is 4.39. The van der Waals surface area contributed by atoms with Gasteiger partial charge >= 0.3 is 0 Å².